The summed E-state index contributed by atoms with van der Waals surface area (Å²) in [4.78, 5) is 11.1. The molecular weight excluding hydrogens is 262 g/mol. The molecule has 0 aliphatic rings. The number of hydrogen-bond donors (Lipinski definition) is 1. The molecule has 1 amide bonds. The van der Waals surface area contributed by atoms with Crippen LogP contribution in [0.3, 0.4) is 0 Å². The summed E-state index contributed by atoms with van der Waals surface area (Å²) in [6.45, 7) is 6.49. The van der Waals surface area contributed by atoms with Crippen molar-refractivity contribution in [3.63, 3.8) is 0 Å². The topological polar surface area (TPSA) is 66.0 Å². The van der Waals surface area contributed by atoms with Crippen molar-refractivity contribution in [3.8, 4) is 12.3 Å². The van der Waals surface area contributed by atoms with Gasteiger partial charge < -0.3 is 24.3 Å². The van der Waals surface area contributed by atoms with Crippen LogP contribution < -0.4 is 5.32 Å². The molecule has 0 aromatic rings. The van der Waals surface area contributed by atoms with Crippen LogP contribution in [0.15, 0.2) is 0 Å². The van der Waals surface area contributed by atoms with E-state index in [1.807, 2.05) is 6.92 Å². The predicted molar refractivity (Wildman–Crippen MR) is 75.4 cm³/mol. The molecule has 0 aliphatic heterocycles. The number of nitrogens with one attached hydrogen (secondary N) is 1. The van der Waals surface area contributed by atoms with Crippen LogP contribution in [0.1, 0.15) is 13.3 Å². The molecule has 116 valence electrons. The fourth-order valence-corrected chi connectivity index (χ4v) is 1.21. The molecule has 0 heterocycles. The summed E-state index contributed by atoms with van der Waals surface area (Å²) in [6, 6.07) is 0. The Balaban J connectivity index is 3.06. The normalized spacial score (nSPS) is 10.2. The number of carbonyl (C=O) groups is 1. The summed E-state index contributed by atoms with van der Waals surface area (Å²) in [5, 5.41) is 2.56. The second-order valence-corrected chi connectivity index (χ2v) is 3.76. The molecule has 6 nitrogen and oxygen atoms in total. The third kappa shape index (κ3) is 14.9. The monoisotopic (exact) mass is 287 g/mol. The molecule has 0 fully saturated rings. The maximum Gasteiger partial charge on any atom is 0.223 e. The van der Waals surface area contributed by atoms with Gasteiger partial charge in [0.1, 0.15) is 0 Å². The molecule has 1 N–H and O–H groups in total. The second kappa shape index (κ2) is 15.9. The van der Waals surface area contributed by atoms with Crippen LogP contribution in [-0.2, 0) is 23.7 Å². The van der Waals surface area contributed by atoms with Gasteiger partial charge in [0.2, 0.25) is 5.91 Å². The van der Waals surface area contributed by atoms with Crippen molar-refractivity contribution < 1.29 is 23.7 Å². The van der Waals surface area contributed by atoms with Gasteiger partial charge in [-0.1, -0.05) is 5.92 Å². The van der Waals surface area contributed by atoms with Crippen molar-refractivity contribution in [2.24, 2.45) is 0 Å². The highest BCUT2D eigenvalue weighted by molar-refractivity contribution is 5.76. The van der Waals surface area contributed by atoms with Crippen molar-refractivity contribution in [1.82, 2.24) is 5.32 Å². The van der Waals surface area contributed by atoms with E-state index in [0.29, 0.717) is 59.3 Å². The minimum Gasteiger partial charge on any atom is -0.379 e. The summed E-state index contributed by atoms with van der Waals surface area (Å²) in [5.41, 5.74) is 0. The smallest absolute Gasteiger partial charge is 0.223 e. The lowest BCUT2D eigenvalue weighted by Gasteiger charge is -2.07. The standard InChI is InChI=1S/C14H25NO5/c1-3-6-15-14(16)5-7-18-10-11-20-13-12-19-9-8-17-4-2/h1H,4-13H2,2H3,(H,15,16). The Labute approximate surface area is 121 Å². The summed E-state index contributed by atoms with van der Waals surface area (Å²) < 4.78 is 20.9. The minimum absolute atomic E-state index is 0.105. The number of hydrogen-bond acceptors (Lipinski definition) is 5. The predicted octanol–water partition coefficient (Wildman–Crippen LogP) is 0.212. The van der Waals surface area contributed by atoms with Crippen molar-refractivity contribution in [2.75, 3.05) is 59.4 Å². The van der Waals surface area contributed by atoms with E-state index in [4.69, 9.17) is 25.4 Å². The van der Waals surface area contributed by atoms with Gasteiger partial charge in [-0.15, -0.1) is 6.42 Å². The van der Waals surface area contributed by atoms with E-state index in [0.717, 1.165) is 0 Å². The van der Waals surface area contributed by atoms with E-state index in [1.165, 1.54) is 0 Å². The van der Waals surface area contributed by atoms with Crippen LogP contribution >= 0.6 is 0 Å². The lowest BCUT2D eigenvalue weighted by molar-refractivity contribution is -0.122. The highest BCUT2D eigenvalue weighted by atomic mass is 16.6. The average molecular weight is 287 g/mol. The minimum atomic E-state index is -0.105. The lowest BCUT2D eigenvalue weighted by Crippen LogP contribution is -2.24. The molecule has 6 heteroatoms. The van der Waals surface area contributed by atoms with Gasteiger partial charge in [0.05, 0.1) is 52.8 Å². The molecule has 0 radical (unpaired) electrons. The molecule has 0 saturated carbocycles. The Bertz CT molecular complexity index is 265. The van der Waals surface area contributed by atoms with Crippen LogP contribution in [0.2, 0.25) is 0 Å². The summed E-state index contributed by atoms with van der Waals surface area (Å²) in [6.07, 6.45) is 5.32. The van der Waals surface area contributed by atoms with Crippen LogP contribution in [0.4, 0.5) is 0 Å². The van der Waals surface area contributed by atoms with E-state index in [1.54, 1.807) is 0 Å². The first kappa shape index (κ1) is 18.9. The zero-order valence-corrected chi connectivity index (χ0v) is 12.2. The number of carbonyl (C=O) groups excluding carboxylic acids is 1. The van der Waals surface area contributed by atoms with E-state index in [-0.39, 0.29) is 12.5 Å². The maximum absolute atomic E-state index is 11.1. The van der Waals surface area contributed by atoms with Crippen molar-refractivity contribution in [3.05, 3.63) is 0 Å². The zero-order valence-electron chi connectivity index (χ0n) is 12.2. The molecule has 0 rings (SSSR count). The highest BCUT2D eigenvalue weighted by Crippen LogP contribution is 1.85. The van der Waals surface area contributed by atoms with Crippen LogP contribution in [0.5, 0.6) is 0 Å². The number of terminal acetylenes is 1. The number of amides is 1. The Morgan fingerprint density at radius 1 is 0.950 bits per heavy atom. The molecule has 0 aromatic heterocycles. The van der Waals surface area contributed by atoms with Gasteiger partial charge >= 0.3 is 0 Å². The Morgan fingerprint density at radius 3 is 1.95 bits per heavy atom. The van der Waals surface area contributed by atoms with E-state index < -0.39 is 0 Å². The quantitative estimate of drug-likeness (QED) is 0.365. The van der Waals surface area contributed by atoms with Gasteiger partial charge in [-0.3, -0.25) is 4.79 Å². The van der Waals surface area contributed by atoms with E-state index >= 15 is 0 Å². The van der Waals surface area contributed by atoms with E-state index in [2.05, 4.69) is 11.2 Å². The first-order chi connectivity index (χ1) is 9.81. The molecule has 0 saturated heterocycles. The number of rotatable bonds is 14. The van der Waals surface area contributed by atoms with Crippen LogP contribution in [-0.4, -0.2) is 65.3 Å². The van der Waals surface area contributed by atoms with Gasteiger partial charge in [-0.25, -0.2) is 0 Å². The van der Waals surface area contributed by atoms with Crippen molar-refractivity contribution >= 4 is 5.91 Å². The molecule has 0 bridgehead atoms. The van der Waals surface area contributed by atoms with Gasteiger partial charge in [0.25, 0.3) is 0 Å². The van der Waals surface area contributed by atoms with Gasteiger partial charge in [0.15, 0.2) is 0 Å². The highest BCUT2D eigenvalue weighted by Gasteiger charge is 1.99. The Kier molecular flexibility index (Phi) is 15.0. The first-order valence-corrected chi connectivity index (χ1v) is 6.82. The molecular formula is C14H25NO5. The Morgan fingerprint density at radius 2 is 1.45 bits per heavy atom. The zero-order chi connectivity index (χ0) is 14.9. The largest absolute Gasteiger partial charge is 0.379 e. The van der Waals surface area contributed by atoms with Gasteiger partial charge in [-0.05, 0) is 6.92 Å². The van der Waals surface area contributed by atoms with Crippen LogP contribution in [0.25, 0.3) is 0 Å². The molecule has 0 spiro atoms. The van der Waals surface area contributed by atoms with Crippen LogP contribution in [0, 0.1) is 12.3 Å². The SMILES string of the molecule is C#CCNC(=O)CCOCCOCCOCCOCC. The summed E-state index contributed by atoms with van der Waals surface area (Å²) in [5.74, 6) is 2.23. The average Bonchev–Trinajstić information content (AvgIpc) is 2.46. The van der Waals surface area contributed by atoms with Gasteiger partial charge in [-0.2, -0.15) is 0 Å². The fourth-order valence-electron chi connectivity index (χ4n) is 1.21. The maximum atomic E-state index is 11.1. The van der Waals surface area contributed by atoms with Crippen molar-refractivity contribution in [1.29, 1.82) is 0 Å². The van der Waals surface area contributed by atoms with Gasteiger partial charge in [0, 0.05) is 13.0 Å². The lowest BCUT2D eigenvalue weighted by atomic mass is 10.4. The molecule has 0 atom stereocenters. The molecule has 0 aromatic carbocycles. The summed E-state index contributed by atoms with van der Waals surface area (Å²) in [7, 11) is 0. The number of ether oxygens (including phenoxy) is 4. The first-order valence-electron chi connectivity index (χ1n) is 6.82. The second-order valence-electron chi connectivity index (χ2n) is 3.76. The molecule has 0 unspecified atom stereocenters. The fraction of sp³-hybridized carbons (Fsp3) is 0.786. The molecule has 20 heavy (non-hydrogen) atoms. The van der Waals surface area contributed by atoms with Crippen molar-refractivity contribution in [2.45, 2.75) is 13.3 Å². The molecule has 0 aliphatic carbocycles. The third-order valence-electron chi connectivity index (χ3n) is 2.18. The van der Waals surface area contributed by atoms with E-state index in [9.17, 15) is 4.79 Å². The summed E-state index contributed by atoms with van der Waals surface area (Å²) >= 11 is 0. The Hall–Kier alpha value is -1.13. The third-order valence-corrected chi connectivity index (χ3v) is 2.18.